The Kier molecular flexibility index (Phi) is 4.56. The van der Waals surface area contributed by atoms with Gasteiger partial charge in [0.25, 0.3) is 0 Å². The summed E-state index contributed by atoms with van der Waals surface area (Å²) in [4.78, 5) is 0. The Balaban J connectivity index is 2.15. The van der Waals surface area contributed by atoms with Crippen molar-refractivity contribution in [2.45, 2.75) is 19.4 Å². The lowest BCUT2D eigenvalue weighted by Crippen LogP contribution is -1.95. The molecule has 1 atom stereocenters. The summed E-state index contributed by atoms with van der Waals surface area (Å²) in [6.45, 7) is 1.91. The van der Waals surface area contributed by atoms with Crippen LogP contribution in [0.15, 0.2) is 46.9 Å². The van der Waals surface area contributed by atoms with Crippen molar-refractivity contribution in [1.82, 2.24) is 0 Å². The Morgan fingerprint density at radius 3 is 2.47 bits per heavy atom. The highest BCUT2D eigenvalue weighted by atomic mass is 79.9. The van der Waals surface area contributed by atoms with Gasteiger partial charge in [0, 0.05) is 4.47 Å². The highest BCUT2D eigenvalue weighted by Crippen LogP contribution is 2.28. The van der Waals surface area contributed by atoms with Crippen LogP contribution in [0.25, 0.3) is 0 Å². The van der Waals surface area contributed by atoms with Gasteiger partial charge in [-0.25, -0.2) is 4.39 Å². The van der Waals surface area contributed by atoms with E-state index in [-0.39, 0.29) is 5.75 Å². The lowest BCUT2D eigenvalue weighted by Gasteiger charge is -2.10. The van der Waals surface area contributed by atoms with Crippen molar-refractivity contribution in [3.05, 3.63) is 58.3 Å². The molecule has 100 valence electrons. The monoisotopic (exact) mass is 324 g/mol. The molecule has 0 aliphatic carbocycles. The molecule has 0 radical (unpaired) electrons. The molecule has 4 heteroatoms. The zero-order chi connectivity index (χ0) is 13.8. The number of benzene rings is 2. The summed E-state index contributed by atoms with van der Waals surface area (Å²) in [6, 6.07) is 11.6. The van der Waals surface area contributed by atoms with E-state index in [9.17, 15) is 9.50 Å². The van der Waals surface area contributed by atoms with Crippen molar-refractivity contribution in [3.63, 3.8) is 0 Å². The van der Waals surface area contributed by atoms with Gasteiger partial charge in [0.05, 0.1) is 6.10 Å². The first-order chi connectivity index (χ1) is 9.10. The molecule has 0 aromatic heterocycles. The number of ether oxygens (including phenoxy) is 1. The molecule has 0 saturated heterocycles. The lowest BCUT2D eigenvalue weighted by atomic mass is 10.1. The van der Waals surface area contributed by atoms with Gasteiger partial charge in [-0.3, -0.25) is 0 Å². The fourth-order valence-corrected chi connectivity index (χ4v) is 2.01. The number of hydrogen-bond acceptors (Lipinski definition) is 2. The Morgan fingerprint density at radius 1 is 1.21 bits per heavy atom. The number of rotatable bonds is 4. The summed E-state index contributed by atoms with van der Waals surface area (Å²) in [6.07, 6.45) is 0.181. The predicted molar refractivity (Wildman–Crippen MR) is 75.9 cm³/mol. The first-order valence-corrected chi connectivity index (χ1v) is 6.80. The Morgan fingerprint density at radius 2 is 1.89 bits per heavy atom. The zero-order valence-electron chi connectivity index (χ0n) is 10.4. The summed E-state index contributed by atoms with van der Waals surface area (Å²) in [5.41, 5.74) is 0.825. The first kappa shape index (κ1) is 14.0. The average Bonchev–Trinajstić information content (AvgIpc) is 2.42. The molecule has 2 aromatic carbocycles. The third-order valence-electron chi connectivity index (χ3n) is 2.77. The molecule has 0 unspecified atom stereocenters. The van der Waals surface area contributed by atoms with Gasteiger partial charge in [-0.15, -0.1) is 0 Å². The van der Waals surface area contributed by atoms with Gasteiger partial charge in [0.1, 0.15) is 5.75 Å². The molecule has 2 aromatic rings. The summed E-state index contributed by atoms with van der Waals surface area (Å²) in [5, 5.41) is 9.68. The van der Waals surface area contributed by atoms with Crippen LogP contribution in [0.1, 0.15) is 25.0 Å². The van der Waals surface area contributed by atoms with Crippen molar-refractivity contribution in [3.8, 4) is 11.5 Å². The number of aliphatic hydroxyl groups is 1. The van der Waals surface area contributed by atoms with E-state index < -0.39 is 11.9 Å². The molecule has 0 spiro atoms. The highest BCUT2D eigenvalue weighted by molar-refractivity contribution is 9.10. The van der Waals surface area contributed by atoms with Gasteiger partial charge >= 0.3 is 0 Å². The lowest BCUT2D eigenvalue weighted by molar-refractivity contribution is 0.173. The molecular weight excluding hydrogens is 311 g/mol. The van der Waals surface area contributed by atoms with Crippen molar-refractivity contribution >= 4 is 15.9 Å². The van der Waals surface area contributed by atoms with Gasteiger partial charge in [-0.05, 0) is 42.3 Å². The standard InChI is InChI=1S/C15H14BrFO2/c1-2-14(18)10-3-6-12(7-4-10)19-15-8-5-11(16)9-13(15)17/h3-9,14,18H,2H2,1H3/t14-/m1/s1. The van der Waals surface area contributed by atoms with Gasteiger partial charge in [-0.1, -0.05) is 35.0 Å². The molecule has 19 heavy (non-hydrogen) atoms. The normalized spacial score (nSPS) is 12.2. The molecule has 2 rings (SSSR count). The molecule has 0 bridgehead atoms. The molecule has 0 heterocycles. The fourth-order valence-electron chi connectivity index (χ4n) is 1.68. The highest BCUT2D eigenvalue weighted by Gasteiger charge is 2.07. The van der Waals surface area contributed by atoms with Crippen LogP contribution in [-0.2, 0) is 0 Å². The van der Waals surface area contributed by atoms with Gasteiger partial charge in [0.15, 0.2) is 11.6 Å². The van der Waals surface area contributed by atoms with E-state index in [1.807, 2.05) is 6.92 Å². The first-order valence-electron chi connectivity index (χ1n) is 6.01. The van der Waals surface area contributed by atoms with Gasteiger partial charge in [-0.2, -0.15) is 0 Å². The van der Waals surface area contributed by atoms with Crippen LogP contribution in [0.3, 0.4) is 0 Å². The fraction of sp³-hybridized carbons (Fsp3) is 0.200. The van der Waals surface area contributed by atoms with E-state index in [1.54, 1.807) is 36.4 Å². The van der Waals surface area contributed by atoms with E-state index in [0.29, 0.717) is 16.6 Å². The van der Waals surface area contributed by atoms with Crippen LogP contribution < -0.4 is 4.74 Å². The Bertz CT molecular complexity index is 555. The zero-order valence-corrected chi connectivity index (χ0v) is 12.0. The van der Waals surface area contributed by atoms with Crippen LogP contribution >= 0.6 is 15.9 Å². The second-order valence-electron chi connectivity index (χ2n) is 4.17. The minimum atomic E-state index is -0.474. The molecule has 0 fully saturated rings. The van der Waals surface area contributed by atoms with E-state index in [2.05, 4.69) is 15.9 Å². The van der Waals surface area contributed by atoms with Crippen LogP contribution in [0.2, 0.25) is 0 Å². The van der Waals surface area contributed by atoms with E-state index in [0.717, 1.165) is 5.56 Å². The molecule has 1 N–H and O–H groups in total. The molecule has 2 nitrogen and oxygen atoms in total. The second kappa shape index (κ2) is 6.17. The average molecular weight is 325 g/mol. The maximum atomic E-state index is 13.6. The van der Waals surface area contributed by atoms with Crippen LogP contribution in [0.5, 0.6) is 11.5 Å². The second-order valence-corrected chi connectivity index (χ2v) is 5.09. The van der Waals surface area contributed by atoms with Crippen LogP contribution in [0, 0.1) is 5.82 Å². The number of aliphatic hydroxyl groups excluding tert-OH is 1. The summed E-state index contributed by atoms with van der Waals surface area (Å²) >= 11 is 3.19. The van der Waals surface area contributed by atoms with E-state index in [1.165, 1.54) is 6.07 Å². The molecular formula is C15H14BrFO2. The molecule has 0 aliphatic rings. The van der Waals surface area contributed by atoms with Crippen molar-refractivity contribution in [2.24, 2.45) is 0 Å². The van der Waals surface area contributed by atoms with Crippen molar-refractivity contribution in [2.75, 3.05) is 0 Å². The Labute approximate surface area is 120 Å². The smallest absolute Gasteiger partial charge is 0.166 e. The summed E-state index contributed by atoms with van der Waals surface area (Å²) in [7, 11) is 0. The van der Waals surface area contributed by atoms with E-state index >= 15 is 0 Å². The maximum Gasteiger partial charge on any atom is 0.166 e. The largest absolute Gasteiger partial charge is 0.454 e. The van der Waals surface area contributed by atoms with Crippen LogP contribution in [0.4, 0.5) is 4.39 Å². The Hall–Kier alpha value is -1.39. The molecule has 0 saturated carbocycles. The van der Waals surface area contributed by atoms with Gasteiger partial charge < -0.3 is 9.84 Å². The van der Waals surface area contributed by atoms with E-state index in [4.69, 9.17) is 4.74 Å². The summed E-state index contributed by atoms with van der Waals surface area (Å²) < 4.78 is 19.7. The minimum Gasteiger partial charge on any atom is -0.454 e. The predicted octanol–water partition coefficient (Wildman–Crippen LogP) is 4.82. The summed E-state index contributed by atoms with van der Waals surface area (Å²) in [5.74, 6) is 0.285. The topological polar surface area (TPSA) is 29.5 Å². The van der Waals surface area contributed by atoms with Crippen LogP contribution in [-0.4, -0.2) is 5.11 Å². The van der Waals surface area contributed by atoms with Crippen molar-refractivity contribution in [1.29, 1.82) is 0 Å². The maximum absolute atomic E-state index is 13.6. The molecule has 0 aliphatic heterocycles. The van der Waals surface area contributed by atoms with Crippen molar-refractivity contribution < 1.29 is 14.2 Å². The molecule has 0 amide bonds. The number of halogens is 2. The van der Waals surface area contributed by atoms with Gasteiger partial charge in [0.2, 0.25) is 0 Å². The quantitative estimate of drug-likeness (QED) is 0.873. The number of hydrogen-bond donors (Lipinski definition) is 1. The third-order valence-corrected chi connectivity index (χ3v) is 3.27. The SMILES string of the molecule is CC[C@@H](O)c1ccc(Oc2ccc(Br)cc2F)cc1. The minimum absolute atomic E-state index is 0.173. The third kappa shape index (κ3) is 3.55.